The molecule has 3 atom stereocenters. The average Bonchev–Trinajstić information content (AvgIpc) is 2.65. The van der Waals surface area contributed by atoms with Crippen LogP contribution in [0.4, 0.5) is 13.2 Å². The van der Waals surface area contributed by atoms with Gasteiger partial charge < -0.3 is 5.32 Å². The summed E-state index contributed by atoms with van der Waals surface area (Å²) in [6, 6.07) is -0.198. The minimum Gasteiger partial charge on any atom is -0.313 e. The van der Waals surface area contributed by atoms with Crippen LogP contribution < -0.4 is 5.32 Å². The smallest absolute Gasteiger partial charge is 0.313 e. The van der Waals surface area contributed by atoms with Gasteiger partial charge in [0.05, 0.1) is 16.9 Å². The van der Waals surface area contributed by atoms with Crippen molar-refractivity contribution in [1.82, 2.24) is 5.32 Å². The second-order valence-corrected chi connectivity index (χ2v) is 8.04. The minimum absolute atomic E-state index is 0.0796. The van der Waals surface area contributed by atoms with Crippen LogP contribution in [-0.2, 0) is 9.84 Å². The highest BCUT2D eigenvalue weighted by Gasteiger charge is 2.42. The summed E-state index contributed by atoms with van der Waals surface area (Å²) in [5, 5.41) is 2.64. The molecule has 3 unspecified atom stereocenters. The number of hydrogen-bond acceptors (Lipinski definition) is 3. The first-order valence-corrected chi connectivity index (χ1v) is 8.52. The molecule has 3 nitrogen and oxygen atoms in total. The van der Waals surface area contributed by atoms with Gasteiger partial charge in [0, 0.05) is 12.6 Å². The fourth-order valence-electron chi connectivity index (χ4n) is 3.06. The third-order valence-electron chi connectivity index (χ3n) is 4.23. The van der Waals surface area contributed by atoms with E-state index in [4.69, 9.17) is 0 Å². The van der Waals surface area contributed by atoms with Crippen LogP contribution in [0.25, 0.3) is 0 Å². The van der Waals surface area contributed by atoms with Gasteiger partial charge in [0.15, 0.2) is 9.84 Å². The first-order chi connectivity index (χ1) is 8.79. The van der Waals surface area contributed by atoms with E-state index in [1.807, 2.05) is 0 Å². The molecule has 1 aliphatic carbocycles. The van der Waals surface area contributed by atoms with Gasteiger partial charge in [-0.3, -0.25) is 0 Å². The van der Waals surface area contributed by atoms with Gasteiger partial charge in [-0.15, -0.1) is 0 Å². The van der Waals surface area contributed by atoms with Gasteiger partial charge in [-0.05, 0) is 32.1 Å². The molecule has 2 fully saturated rings. The van der Waals surface area contributed by atoms with Crippen molar-refractivity contribution in [2.75, 3.05) is 12.3 Å². The molecule has 1 aliphatic heterocycles. The van der Waals surface area contributed by atoms with E-state index in [1.165, 1.54) is 0 Å². The van der Waals surface area contributed by atoms with E-state index in [2.05, 4.69) is 5.32 Å². The fraction of sp³-hybridized carbons (Fsp3) is 1.00. The summed E-state index contributed by atoms with van der Waals surface area (Å²) in [7, 11) is -3.01. The molecule has 112 valence electrons. The fourth-order valence-corrected chi connectivity index (χ4v) is 4.84. The third-order valence-corrected chi connectivity index (χ3v) is 6.51. The molecule has 0 spiro atoms. The van der Waals surface area contributed by atoms with Crippen LogP contribution in [0.2, 0.25) is 0 Å². The van der Waals surface area contributed by atoms with Crippen LogP contribution in [-0.4, -0.2) is 38.2 Å². The van der Waals surface area contributed by atoms with Crippen molar-refractivity contribution >= 4 is 9.84 Å². The van der Waals surface area contributed by atoms with Gasteiger partial charge in [-0.2, -0.15) is 13.2 Å². The lowest BCUT2D eigenvalue weighted by atomic mass is 9.85. The van der Waals surface area contributed by atoms with Gasteiger partial charge in [0.2, 0.25) is 0 Å². The van der Waals surface area contributed by atoms with Crippen molar-refractivity contribution < 1.29 is 21.6 Å². The predicted molar refractivity (Wildman–Crippen MR) is 66.6 cm³/mol. The Morgan fingerprint density at radius 3 is 2.42 bits per heavy atom. The molecular formula is C12H20F3NO2S. The Labute approximate surface area is 111 Å². The quantitative estimate of drug-likeness (QED) is 0.869. The number of nitrogens with one attached hydrogen (secondary N) is 1. The van der Waals surface area contributed by atoms with Crippen LogP contribution in [0.15, 0.2) is 0 Å². The summed E-state index contributed by atoms with van der Waals surface area (Å²) in [6.07, 6.45) is -1.28. The van der Waals surface area contributed by atoms with Gasteiger partial charge in [0.1, 0.15) is 0 Å². The van der Waals surface area contributed by atoms with Gasteiger partial charge in [-0.25, -0.2) is 8.42 Å². The molecule has 1 saturated heterocycles. The Morgan fingerprint density at radius 1 is 1.11 bits per heavy atom. The zero-order valence-corrected chi connectivity index (χ0v) is 11.6. The van der Waals surface area contributed by atoms with Crippen LogP contribution in [0.1, 0.15) is 38.5 Å². The lowest BCUT2D eigenvalue weighted by Crippen LogP contribution is -2.42. The Balaban J connectivity index is 1.83. The third kappa shape index (κ3) is 3.84. The molecule has 19 heavy (non-hydrogen) atoms. The number of halogens is 3. The van der Waals surface area contributed by atoms with Crippen molar-refractivity contribution in [2.45, 2.75) is 56.0 Å². The Morgan fingerprint density at radius 2 is 1.84 bits per heavy atom. The number of alkyl halides is 3. The van der Waals surface area contributed by atoms with Gasteiger partial charge >= 0.3 is 6.18 Å². The Kier molecular flexibility index (Phi) is 4.45. The minimum atomic E-state index is -4.13. The summed E-state index contributed by atoms with van der Waals surface area (Å²) in [6.45, 7) is 0.303. The predicted octanol–water partition coefficient (Wildman–Crippen LogP) is 2.27. The second kappa shape index (κ2) is 5.60. The largest absolute Gasteiger partial charge is 0.391 e. The Bertz CT molecular complexity index is 408. The first-order valence-electron chi connectivity index (χ1n) is 6.81. The van der Waals surface area contributed by atoms with Crippen molar-refractivity contribution in [1.29, 1.82) is 0 Å². The lowest BCUT2D eigenvalue weighted by Gasteiger charge is -2.31. The summed E-state index contributed by atoms with van der Waals surface area (Å²) in [4.78, 5) is 0. The molecule has 7 heteroatoms. The van der Waals surface area contributed by atoms with Gasteiger partial charge in [0.25, 0.3) is 0 Å². The molecule has 1 heterocycles. The van der Waals surface area contributed by atoms with Crippen LogP contribution >= 0.6 is 0 Å². The zero-order valence-electron chi connectivity index (χ0n) is 10.7. The van der Waals surface area contributed by atoms with E-state index in [-0.39, 0.29) is 24.6 Å². The van der Waals surface area contributed by atoms with Crippen molar-refractivity contribution in [3.63, 3.8) is 0 Å². The van der Waals surface area contributed by atoms with Crippen molar-refractivity contribution in [2.24, 2.45) is 5.92 Å². The molecule has 1 N–H and O–H groups in total. The van der Waals surface area contributed by atoms with E-state index in [0.717, 1.165) is 0 Å². The summed E-state index contributed by atoms with van der Waals surface area (Å²) < 4.78 is 61.2. The lowest BCUT2D eigenvalue weighted by molar-refractivity contribution is -0.183. The summed E-state index contributed by atoms with van der Waals surface area (Å²) in [5.41, 5.74) is 0. The molecule has 0 amide bonds. The number of sulfone groups is 1. The standard InChI is InChI=1S/C12H20F3NO2S/c13-12(14,15)9-3-1-4-10(7-9)16-8-11-5-2-6-19(11,17)18/h9-11,16H,1-8H2. The number of hydrogen-bond donors (Lipinski definition) is 1. The maximum absolute atomic E-state index is 12.7. The molecule has 0 aromatic heterocycles. The molecule has 0 radical (unpaired) electrons. The summed E-state index contributed by atoms with van der Waals surface area (Å²) in [5.74, 6) is -1.02. The van der Waals surface area contributed by atoms with E-state index < -0.39 is 27.2 Å². The maximum Gasteiger partial charge on any atom is 0.391 e. The number of rotatable bonds is 3. The summed E-state index contributed by atoms with van der Waals surface area (Å²) >= 11 is 0. The molecule has 2 aliphatic rings. The van der Waals surface area contributed by atoms with Crippen LogP contribution in [0, 0.1) is 5.92 Å². The monoisotopic (exact) mass is 299 g/mol. The zero-order chi connectivity index (χ0) is 14.1. The molecule has 0 aromatic carbocycles. The molecule has 0 bridgehead atoms. The average molecular weight is 299 g/mol. The van der Waals surface area contributed by atoms with Crippen LogP contribution in [0.5, 0.6) is 0 Å². The highest BCUT2D eigenvalue weighted by molar-refractivity contribution is 7.92. The Hall–Kier alpha value is -0.300. The molecule has 0 aromatic rings. The normalized spacial score (nSPS) is 35.4. The van der Waals surface area contributed by atoms with E-state index >= 15 is 0 Å². The highest BCUT2D eigenvalue weighted by Crippen LogP contribution is 2.37. The first kappa shape index (κ1) is 15.1. The molecule has 2 rings (SSSR count). The van der Waals surface area contributed by atoms with E-state index in [9.17, 15) is 21.6 Å². The highest BCUT2D eigenvalue weighted by atomic mass is 32.2. The van der Waals surface area contributed by atoms with E-state index in [0.29, 0.717) is 32.2 Å². The van der Waals surface area contributed by atoms with Crippen LogP contribution in [0.3, 0.4) is 0 Å². The topological polar surface area (TPSA) is 46.2 Å². The van der Waals surface area contributed by atoms with E-state index in [1.54, 1.807) is 0 Å². The van der Waals surface area contributed by atoms with Crippen molar-refractivity contribution in [3.05, 3.63) is 0 Å². The SMILES string of the molecule is O=S1(=O)CCCC1CNC1CCCC(C(F)(F)F)C1. The molecular weight excluding hydrogens is 279 g/mol. The van der Waals surface area contributed by atoms with Gasteiger partial charge in [-0.1, -0.05) is 6.42 Å². The maximum atomic E-state index is 12.7. The molecule has 1 saturated carbocycles. The second-order valence-electron chi connectivity index (χ2n) is 5.64. The van der Waals surface area contributed by atoms with Crippen molar-refractivity contribution in [3.8, 4) is 0 Å².